The molecule has 1 aliphatic carbocycles. The van der Waals surface area contributed by atoms with Crippen molar-refractivity contribution in [3.63, 3.8) is 0 Å². The number of anilines is 2. The zero-order valence-electron chi connectivity index (χ0n) is 26.2. The Bertz CT molecular complexity index is 1540. The van der Waals surface area contributed by atoms with E-state index in [1.807, 2.05) is 62.6 Å². The number of hydrogen-bond donors (Lipinski definition) is 4. The molecule has 0 spiro atoms. The van der Waals surface area contributed by atoms with Gasteiger partial charge in [-0.15, -0.1) is 0 Å². The van der Waals surface area contributed by atoms with Crippen molar-refractivity contribution in [2.45, 2.75) is 57.5 Å². The molecule has 3 aromatic rings. The van der Waals surface area contributed by atoms with Crippen LogP contribution >= 0.6 is 0 Å². The molecule has 45 heavy (non-hydrogen) atoms. The Labute approximate surface area is 265 Å². The van der Waals surface area contributed by atoms with Crippen LogP contribution in [0.2, 0.25) is 0 Å². The zero-order valence-corrected chi connectivity index (χ0v) is 26.2. The van der Waals surface area contributed by atoms with Crippen LogP contribution in [0, 0.1) is 5.41 Å². The molecule has 2 aliphatic heterocycles. The molecule has 2 saturated heterocycles. The van der Waals surface area contributed by atoms with E-state index in [0.717, 1.165) is 80.1 Å². The van der Waals surface area contributed by atoms with E-state index in [-0.39, 0.29) is 11.9 Å². The predicted molar refractivity (Wildman–Crippen MR) is 177 cm³/mol. The molecule has 6 rings (SSSR count). The molecule has 0 saturated carbocycles. The molecule has 4 N–H and O–H groups in total. The van der Waals surface area contributed by atoms with Crippen molar-refractivity contribution in [3.05, 3.63) is 77.1 Å². The van der Waals surface area contributed by atoms with Crippen molar-refractivity contribution in [1.82, 2.24) is 25.5 Å². The van der Waals surface area contributed by atoms with Gasteiger partial charge in [0.1, 0.15) is 5.75 Å². The second-order valence-corrected chi connectivity index (χ2v) is 11.8. The number of likely N-dealkylation sites (tertiary alicyclic amines) is 1. The van der Waals surface area contributed by atoms with E-state index in [2.05, 4.69) is 25.8 Å². The smallest absolute Gasteiger partial charge is 0.251 e. The number of benzene rings is 2. The van der Waals surface area contributed by atoms with Crippen LogP contribution < -0.4 is 20.7 Å². The summed E-state index contributed by atoms with van der Waals surface area (Å²) >= 11 is 0. The van der Waals surface area contributed by atoms with E-state index in [9.17, 15) is 4.79 Å². The first-order chi connectivity index (χ1) is 22.0. The Kier molecular flexibility index (Phi) is 9.71. The largest absolute Gasteiger partial charge is 0.492 e. The van der Waals surface area contributed by atoms with E-state index < -0.39 is 0 Å². The Morgan fingerprint density at radius 1 is 1.04 bits per heavy atom. The number of hydrogen-bond acceptors (Lipinski definition) is 9. The molecule has 0 unspecified atom stereocenters. The maximum Gasteiger partial charge on any atom is 0.251 e. The molecule has 2 aromatic carbocycles. The number of rotatable bonds is 9. The molecule has 10 heteroatoms. The number of carbonyl (C=O) groups is 1. The predicted octanol–water partition coefficient (Wildman–Crippen LogP) is 5.05. The highest BCUT2D eigenvalue weighted by atomic mass is 16.5. The molecule has 0 bridgehead atoms. The summed E-state index contributed by atoms with van der Waals surface area (Å²) in [5.74, 6) is 0.870. The number of ether oxygens (including phenoxy) is 2. The van der Waals surface area contributed by atoms with Gasteiger partial charge in [0.2, 0.25) is 5.95 Å². The van der Waals surface area contributed by atoms with E-state index >= 15 is 0 Å². The fourth-order valence-electron chi connectivity index (χ4n) is 6.57. The van der Waals surface area contributed by atoms with Gasteiger partial charge in [-0.3, -0.25) is 4.79 Å². The fourth-order valence-corrected chi connectivity index (χ4v) is 6.57. The van der Waals surface area contributed by atoms with E-state index in [0.29, 0.717) is 54.2 Å². The normalized spacial score (nSPS) is 19.0. The fraction of sp³-hybridized carbons (Fsp3) is 0.429. The number of allylic oxidation sites excluding steroid dienone is 1. The van der Waals surface area contributed by atoms with E-state index in [4.69, 9.17) is 19.9 Å². The number of piperidine rings is 1. The van der Waals surface area contributed by atoms with Crippen LogP contribution in [0.4, 0.5) is 11.6 Å². The molecule has 3 heterocycles. The highest BCUT2D eigenvalue weighted by Crippen LogP contribution is 2.34. The summed E-state index contributed by atoms with van der Waals surface area (Å²) in [6, 6.07) is 16.2. The minimum atomic E-state index is -0.0918. The van der Waals surface area contributed by atoms with Crippen molar-refractivity contribution in [1.29, 1.82) is 5.41 Å². The van der Waals surface area contributed by atoms with Crippen LogP contribution in [0.5, 0.6) is 5.75 Å². The first-order valence-electron chi connectivity index (χ1n) is 16.1. The standard InChI is InChI=1S/C35H43N7O3/c1-3-45-30-21-24(34(43)39-26-13-17-42(18-14-26)27-15-19-44-20-16-27)10-12-29(30)40-35-38-22-25-9-11-28(36)31(33(25)41-35)32(37-2)23-7-5-4-6-8-23/h4-8,10,12,21-22,26-27,36-37H,3,9,11,13-20H2,1-2H3,(H,39,43)(H,38,40,41)/b32-31+,36-28?. The van der Waals surface area contributed by atoms with Gasteiger partial charge in [0, 0.05) is 68.5 Å². The van der Waals surface area contributed by atoms with Crippen LogP contribution in [-0.2, 0) is 11.2 Å². The van der Waals surface area contributed by atoms with Crippen LogP contribution in [-0.4, -0.2) is 78.5 Å². The van der Waals surface area contributed by atoms with Crippen molar-refractivity contribution in [2.24, 2.45) is 0 Å². The minimum Gasteiger partial charge on any atom is -0.492 e. The van der Waals surface area contributed by atoms with Gasteiger partial charge >= 0.3 is 0 Å². The number of nitrogens with zero attached hydrogens (tertiary/aromatic N) is 3. The lowest BCUT2D eigenvalue weighted by Crippen LogP contribution is -2.49. The molecule has 0 radical (unpaired) electrons. The summed E-state index contributed by atoms with van der Waals surface area (Å²) in [6.07, 6.45) is 7.27. The van der Waals surface area contributed by atoms with E-state index in [1.54, 1.807) is 6.07 Å². The number of amides is 1. The molecule has 10 nitrogen and oxygen atoms in total. The summed E-state index contributed by atoms with van der Waals surface area (Å²) in [4.78, 5) is 25.3. The van der Waals surface area contributed by atoms with Gasteiger partial charge in [-0.25, -0.2) is 9.97 Å². The second-order valence-electron chi connectivity index (χ2n) is 11.8. The molecule has 2 fully saturated rings. The molecule has 3 aliphatic rings. The first-order valence-corrected chi connectivity index (χ1v) is 16.1. The van der Waals surface area contributed by atoms with Crippen molar-refractivity contribution >= 4 is 34.5 Å². The third kappa shape index (κ3) is 7.02. The molecular weight excluding hydrogens is 566 g/mol. The SMILES string of the molecule is CCOc1cc(C(=O)NC2CCN(C3CCOCC3)CC2)ccc1Nc1ncc2c(n1)/C(=C(/NC)c1ccccc1)C(=N)CC2. The Hall–Kier alpha value is -4.28. The maximum atomic E-state index is 13.3. The van der Waals surface area contributed by atoms with Gasteiger partial charge in [0.25, 0.3) is 5.91 Å². The molecule has 1 aromatic heterocycles. The quantitative estimate of drug-likeness (QED) is 0.266. The summed E-state index contributed by atoms with van der Waals surface area (Å²) in [6.45, 7) is 6.07. The average Bonchev–Trinajstić information content (AvgIpc) is 3.08. The highest BCUT2D eigenvalue weighted by Gasteiger charge is 2.28. The van der Waals surface area contributed by atoms with Crippen LogP contribution in [0.1, 0.15) is 66.2 Å². The van der Waals surface area contributed by atoms with Gasteiger partial charge in [-0.1, -0.05) is 30.3 Å². The minimum absolute atomic E-state index is 0.0918. The van der Waals surface area contributed by atoms with Gasteiger partial charge in [0.05, 0.1) is 23.7 Å². The molecule has 236 valence electrons. The highest BCUT2D eigenvalue weighted by molar-refractivity contribution is 6.29. The van der Waals surface area contributed by atoms with Crippen LogP contribution in [0.25, 0.3) is 11.3 Å². The monoisotopic (exact) mass is 609 g/mol. The zero-order chi connectivity index (χ0) is 31.2. The van der Waals surface area contributed by atoms with Crippen molar-refractivity contribution < 1.29 is 14.3 Å². The number of nitrogens with one attached hydrogen (secondary N) is 4. The lowest BCUT2D eigenvalue weighted by molar-refractivity contribution is 0.0238. The molecule has 0 atom stereocenters. The van der Waals surface area contributed by atoms with Crippen molar-refractivity contribution in [3.8, 4) is 5.75 Å². The third-order valence-electron chi connectivity index (χ3n) is 8.97. The summed E-state index contributed by atoms with van der Waals surface area (Å²) < 4.78 is 11.5. The second kappa shape index (κ2) is 14.2. The van der Waals surface area contributed by atoms with Crippen LogP contribution in [0.3, 0.4) is 0 Å². The Morgan fingerprint density at radius 3 is 2.56 bits per heavy atom. The summed E-state index contributed by atoms with van der Waals surface area (Å²) in [7, 11) is 1.87. The first kappa shape index (κ1) is 30.7. The number of aromatic nitrogens is 2. The third-order valence-corrected chi connectivity index (χ3v) is 8.97. The topological polar surface area (TPSA) is 124 Å². The summed E-state index contributed by atoms with van der Waals surface area (Å²) in [5, 5.41) is 18.7. The maximum absolute atomic E-state index is 13.3. The van der Waals surface area contributed by atoms with Crippen molar-refractivity contribution in [2.75, 3.05) is 45.3 Å². The molecule has 1 amide bonds. The Balaban J connectivity index is 1.18. The lowest BCUT2D eigenvalue weighted by atomic mass is 9.87. The van der Waals surface area contributed by atoms with E-state index in [1.165, 1.54) is 0 Å². The number of carbonyl (C=O) groups excluding carboxylic acids is 1. The van der Waals surface area contributed by atoms with Gasteiger partial charge in [-0.2, -0.15) is 0 Å². The number of fused-ring (bicyclic) bond motifs is 1. The van der Waals surface area contributed by atoms with Crippen LogP contribution in [0.15, 0.2) is 54.7 Å². The van der Waals surface area contributed by atoms with Gasteiger partial charge in [0.15, 0.2) is 0 Å². The molecular formula is C35H43N7O3. The van der Waals surface area contributed by atoms with Gasteiger partial charge in [-0.05, 0) is 74.8 Å². The number of aryl methyl sites for hydroxylation is 1. The average molecular weight is 610 g/mol. The van der Waals surface area contributed by atoms with Gasteiger partial charge < -0.3 is 35.7 Å². The lowest BCUT2D eigenvalue weighted by Gasteiger charge is -2.39. The summed E-state index contributed by atoms with van der Waals surface area (Å²) in [5.41, 5.74) is 6.17. The Morgan fingerprint density at radius 2 is 1.82 bits per heavy atom.